The number of nitrogens with two attached hydrogens (primary N) is 1. The second-order valence-electron chi connectivity index (χ2n) is 7.25. The summed E-state index contributed by atoms with van der Waals surface area (Å²) in [6.07, 6.45) is 2.12. The molecule has 0 radical (unpaired) electrons. The molecule has 1 amide bonds. The van der Waals surface area contributed by atoms with Gasteiger partial charge in [0, 0.05) is 22.0 Å². The number of primary amides is 1. The van der Waals surface area contributed by atoms with Crippen LogP contribution in [0.5, 0.6) is 5.75 Å². The van der Waals surface area contributed by atoms with Gasteiger partial charge in [0.25, 0.3) is 0 Å². The van der Waals surface area contributed by atoms with Crippen LogP contribution >= 0.6 is 15.9 Å². The van der Waals surface area contributed by atoms with Crippen LogP contribution in [0.25, 0.3) is 0 Å². The molecule has 0 heterocycles. The van der Waals surface area contributed by atoms with E-state index < -0.39 is 5.91 Å². The third-order valence-electron chi connectivity index (χ3n) is 5.10. The summed E-state index contributed by atoms with van der Waals surface area (Å²) in [5.41, 5.74) is 9.49. The summed E-state index contributed by atoms with van der Waals surface area (Å²) in [5.74, 6) is 0.300. The van der Waals surface area contributed by atoms with Gasteiger partial charge >= 0.3 is 0 Å². The van der Waals surface area contributed by atoms with Crippen LogP contribution in [0.2, 0.25) is 0 Å². The molecule has 2 aromatic carbocycles. The maximum atomic E-state index is 12.0. The molecule has 0 spiro atoms. The smallest absolute Gasteiger partial charge is 0.249 e. The van der Waals surface area contributed by atoms with E-state index in [1.54, 1.807) is 6.07 Å². The van der Waals surface area contributed by atoms with E-state index in [2.05, 4.69) is 45.1 Å². The molecule has 0 atom stereocenters. The highest BCUT2D eigenvalue weighted by molar-refractivity contribution is 9.10. The number of rotatable bonds is 7. The number of halogens is 1. The Hall–Kier alpha value is -1.85. The molecule has 1 saturated carbocycles. The molecule has 26 heavy (non-hydrogen) atoms. The Bertz CT molecular complexity index is 829. The minimum Gasteiger partial charge on any atom is -0.492 e. The molecule has 4 nitrogen and oxygen atoms in total. The zero-order valence-electron chi connectivity index (χ0n) is 15.5. The number of nitrogens with zero attached hydrogens (tertiary/aromatic N) is 1. The van der Waals surface area contributed by atoms with Crippen molar-refractivity contribution in [1.29, 1.82) is 0 Å². The standard InChI is InChI=1S/C21H25BrN2O2/c1-14-18(20(23)25)12-17(26-10-9-24(2)3)13-19(14)21(7-8-21)15-5-4-6-16(22)11-15/h4-6,11-13H,7-10H2,1-3H3,(H2,23,25). The number of benzene rings is 2. The van der Waals surface area contributed by atoms with Gasteiger partial charge in [-0.3, -0.25) is 4.79 Å². The molecule has 2 N–H and O–H groups in total. The van der Waals surface area contributed by atoms with E-state index >= 15 is 0 Å². The van der Waals surface area contributed by atoms with Crippen molar-refractivity contribution in [3.05, 3.63) is 63.1 Å². The highest BCUT2D eigenvalue weighted by atomic mass is 79.9. The van der Waals surface area contributed by atoms with Crippen molar-refractivity contribution in [3.63, 3.8) is 0 Å². The van der Waals surface area contributed by atoms with Crippen LogP contribution < -0.4 is 10.5 Å². The topological polar surface area (TPSA) is 55.6 Å². The molecule has 1 fully saturated rings. The normalized spacial score (nSPS) is 15.1. The molecule has 138 valence electrons. The zero-order valence-corrected chi connectivity index (χ0v) is 17.1. The number of carbonyl (C=O) groups is 1. The summed E-state index contributed by atoms with van der Waals surface area (Å²) in [5, 5.41) is 0. The van der Waals surface area contributed by atoms with Crippen molar-refractivity contribution < 1.29 is 9.53 Å². The summed E-state index contributed by atoms with van der Waals surface area (Å²) in [7, 11) is 4.01. The number of likely N-dealkylation sites (N-methyl/N-ethyl adjacent to an activating group) is 1. The van der Waals surface area contributed by atoms with E-state index in [4.69, 9.17) is 10.5 Å². The third kappa shape index (κ3) is 3.79. The fourth-order valence-electron chi connectivity index (χ4n) is 3.49. The van der Waals surface area contributed by atoms with Crippen LogP contribution in [-0.4, -0.2) is 38.1 Å². The molecule has 0 aliphatic heterocycles. The van der Waals surface area contributed by atoms with Crippen LogP contribution in [0.4, 0.5) is 0 Å². The van der Waals surface area contributed by atoms with Gasteiger partial charge in [-0.05, 0) is 74.8 Å². The third-order valence-corrected chi connectivity index (χ3v) is 5.59. The second kappa shape index (κ2) is 7.41. The maximum Gasteiger partial charge on any atom is 0.249 e. The van der Waals surface area contributed by atoms with Gasteiger partial charge < -0.3 is 15.4 Å². The predicted molar refractivity (Wildman–Crippen MR) is 108 cm³/mol. The molecular weight excluding hydrogens is 392 g/mol. The Labute approximate surface area is 163 Å². The van der Waals surface area contributed by atoms with Gasteiger partial charge in [0.1, 0.15) is 12.4 Å². The Balaban J connectivity index is 2.02. The van der Waals surface area contributed by atoms with E-state index in [9.17, 15) is 4.79 Å². The Morgan fingerprint density at radius 2 is 2.00 bits per heavy atom. The highest BCUT2D eigenvalue weighted by Gasteiger charge is 2.47. The van der Waals surface area contributed by atoms with Crippen molar-refractivity contribution in [2.24, 2.45) is 5.73 Å². The van der Waals surface area contributed by atoms with E-state index in [0.29, 0.717) is 17.9 Å². The first kappa shape index (κ1) is 18.9. The van der Waals surface area contributed by atoms with Crippen LogP contribution in [0, 0.1) is 6.92 Å². The number of ether oxygens (including phenoxy) is 1. The molecule has 0 saturated heterocycles. The molecule has 5 heteroatoms. The van der Waals surface area contributed by atoms with Crippen molar-refractivity contribution in [2.75, 3.05) is 27.2 Å². The average molecular weight is 417 g/mol. The van der Waals surface area contributed by atoms with E-state index in [1.165, 1.54) is 5.56 Å². The molecule has 0 unspecified atom stereocenters. The molecule has 1 aliphatic carbocycles. The molecule has 2 aromatic rings. The van der Waals surface area contributed by atoms with Crippen LogP contribution in [0.15, 0.2) is 40.9 Å². The van der Waals surface area contributed by atoms with Gasteiger partial charge in [0.15, 0.2) is 0 Å². The quantitative estimate of drug-likeness (QED) is 0.744. The number of hydrogen-bond donors (Lipinski definition) is 1. The van der Waals surface area contributed by atoms with Gasteiger partial charge in [-0.15, -0.1) is 0 Å². The molecule has 0 aromatic heterocycles. The minimum absolute atomic E-state index is 0.0566. The van der Waals surface area contributed by atoms with Crippen molar-refractivity contribution in [2.45, 2.75) is 25.2 Å². The first-order valence-electron chi connectivity index (χ1n) is 8.82. The fraction of sp³-hybridized carbons (Fsp3) is 0.381. The van der Waals surface area contributed by atoms with E-state index in [1.807, 2.05) is 27.1 Å². The Morgan fingerprint density at radius 3 is 2.58 bits per heavy atom. The first-order chi connectivity index (χ1) is 12.3. The number of amides is 1. The predicted octanol–water partition coefficient (Wildman–Crippen LogP) is 3.88. The molecule has 3 rings (SSSR count). The first-order valence-corrected chi connectivity index (χ1v) is 9.61. The van der Waals surface area contributed by atoms with Gasteiger partial charge in [0.2, 0.25) is 5.91 Å². The Kier molecular flexibility index (Phi) is 5.39. The van der Waals surface area contributed by atoms with Crippen LogP contribution in [0.1, 0.15) is 39.9 Å². The summed E-state index contributed by atoms with van der Waals surface area (Å²) >= 11 is 3.57. The van der Waals surface area contributed by atoms with Crippen LogP contribution in [0.3, 0.4) is 0 Å². The van der Waals surface area contributed by atoms with Gasteiger partial charge in [-0.25, -0.2) is 0 Å². The molecule has 0 bridgehead atoms. The van der Waals surface area contributed by atoms with Gasteiger partial charge in [-0.2, -0.15) is 0 Å². The highest BCUT2D eigenvalue weighted by Crippen LogP contribution is 2.55. The largest absolute Gasteiger partial charge is 0.492 e. The van der Waals surface area contributed by atoms with Crippen molar-refractivity contribution in [3.8, 4) is 5.75 Å². The lowest BCUT2D eigenvalue weighted by molar-refractivity contribution is 0.0999. The maximum absolute atomic E-state index is 12.0. The Morgan fingerprint density at radius 1 is 1.27 bits per heavy atom. The van der Waals surface area contributed by atoms with Crippen LogP contribution in [-0.2, 0) is 5.41 Å². The summed E-state index contributed by atoms with van der Waals surface area (Å²) in [4.78, 5) is 14.1. The van der Waals surface area contributed by atoms with E-state index in [-0.39, 0.29) is 5.41 Å². The molecular formula is C21H25BrN2O2. The monoisotopic (exact) mass is 416 g/mol. The summed E-state index contributed by atoms with van der Waals surface area (Å²) < 4.78 is 6.99. The zero-order chi connectivity index (χ0) is 18.9. The van der Waals surface area contributed by atoms with Gasteiger partial charge in [-0.1, -0.05) is 28.1 Å². The van der Waals surface area contributed by atoms with E-state index in [0.717, 1.165) is 35.0 Å². The van der Waals surface area contributed by atoms with Gasteiger partial charge in [0.05, 0.1) is 0 Å². The number of hydrogen-bond acceptors (Lipinski definition) is 3. The second-order valence-corrected chi connectivity index (χ2v) is 8.17. The summed E-state index contributed by atoms with van der Waals surface area (Å²) in [6, 6.07) is 12.3. The lowest BCUT2D eigenvalue weighted by Crippen LogP contribution is -2.21. The fourth-order valence-corrected chi connectivity index (χ4v) is 3.89. The summed E-state index contributed by atoms with van der Waals surface area (Å²) in [6.45, 7) is 3.36. The number of carbonyl (C=O) groups excluding carboxylic acids is 1. The lowest BCUT2D eigenvalue weighted by atomic mass is 9.83. The lowest BCUT2D eigenvalue weighted by Gasteiger charge is -2.22. The SMILES string of the molecule is Cc1c(C(N)=O)cc(OCCN(C)C)cc1C1(c2cccc(Br)c2)CC1. The average Bonchev–Trinajstić information content (AvgIpc) is 3.37. The minimum atomic E-state index is -0.410. The van der Waals surface area contributed by atoms with Crippen molar-refractivity contribution in [1.82, 2.24) is 4.90 Å². The molecule has 1 aliphatic rings. The van der Waals surface area contributed by atoms with Crippen molar-refractivity contribution >= 4 is 21.8 Å².